The lowest BCUT2D eigenvalue weighted by Gasteiger charge is -2.20. The molecular weight excluding hydrogens is 470 g/mol. The van der Waals surface area contributed by atoms with E-state index in [0.29, 0.717) is 11.1 Å². The van der Waals surface area contributed by atoms with Crippen LogP contribution in [-0.4, -0.2) is 40.6 Å². The molecule has 0 fully saturated rings. The standard InChI is InChI=1S/C25H23F4NO5/c26-18-3-1-2-15(10-18)16-4-5-19(27)17(9-16)11-30-24-20(28)6-7-21(23(24)29)35-22(25(33)34)8-14(12-31)13-32/h1-7,9-10,14,22,30-32H,8,11-13H2,(H,33,34). The van der Waals surface area contributed by atoms with E-state index >= 15 is 0 Å². The van der Waals surface area contributed by atoms with Gasteiger partial charge in [-0.1, -0.05) is 18.2 Å². The Balaban J connectivity index is 1.82. The normalized spacial score (nSPS) is 12.0. The lowest BCUT2D eigenvalue weighted by Crippen LogP contribution is -2.32. The van der Waals surface area contributed by atoms with Gasteiger partial charge in [0.05, 0.1) is 0 Å². The summed E-state index contributed by atoms with van der Waals surface area (Å²) in [6, 6.07) is 11.4. The molecule has 0 heterocycles. The van der Waals surface area contributed by atoms with E-state index in [-0.39, 0.29) is 18.5 Å². The third-order valence-corrected chi connectivity index (χ3v) is 5.32. The first-order valence-electron chi connectivity index (χ1n) is 10.6. The van der Waals surface area contributed by atoms with Gasteiger partial charge in [0.15, 0.2) is 17.7 Å². The van der Waals surface area contributed by atoms with E-state index in [2.05, 4.69) is 5.32 Å². The minimum Gasteiger partial charge on any atom is -0.479 e. The van der Waals surface area contributed by atoms with Crippen LogP contribution in [0.2, 0.25) is 0 Å². The van der Waals surface area contributed by atoms with E-state index < -0.39 is 65.9 Å². The second-order valence-electron chi connectivity index (χ2n) is 7.82. The van der Waals surface area contributed by atoms with Crippen LogP contribution in [0.5, 0.6) is 5.75 Å². The Morgan fingerprint density at radius 3 is 2.26 bits per heavy atom. The lowest BCUT2D eigenvalue weighted by molar-refractivity contribution is -0.146. The molecule has 6 nitrogen and oxygen atoms in total. The van der Waals surface area contributed by atoms with Gasteiger partial charge in [0, 0.05) is 37.7 Å². The maximum absolute atomic E-state index is 15.0. The minimum absolute atomic E-state index is 0.0500. The molecule has 1 unspecified atom stereocenters. The minimum atomic E-state index is -1.62. The number of hydrogen-bond donors (Lipinski definition) is 4. The fourth-order valence-electron chi connectivity index (χ4n) is 3.39. The smallest absolute Gasteiger partial charge is 0.344 e. The van der Waals surface area contributed by atoms with Crippen molar-refractivity contribution in [3.8, 4) is 16.9 Å². The average Bonchev–Trinajstić information content (AvgIpc) is 2.83. The number of halogens is 4. The molecule has 10 heteroatoms. The van der Waals surface area contributed by atoms with Crippen LogP contribution < -0.4 is 10.1 Å². The van der Waals surface area contributed by atoms with Crippen LogP contribution in [-0.2, 0) is 11.3 Å². The number of anilines is 1. The van der Waals surface area contributed by atoms with Crippen molar-refractivity contribution in [1.82, 2.24) is 0 Å². The molecule has 0 bridgehead atoms. The summed E-state index contributed by atoms with van der Waals surface area (Å²) in [5, 5.41) is 30.2. The van der Waals surface area contributed by atoms with Crippen LogP contribution in [0, 0.1) is 29.2 Å². The molecule has 4 N–H and O–H groups in total. The highest BCUT2D eigenvalue weighted by Gasteiger charge is 2.26. The van der Waals surface area contributed by atoms with E-state index in [0.717, 1.165) is 18.2 Å². The van der Waals surface area contributed by atoms with Gasteiger partial charge in [-0.3, -0.25) is 0 Å². The molecule has 0 radical (unpaired) electrons. The monoisotopic (exact) mass is 493 g/mol. The Labute approximate surface area is 198 Å². The first-order chi connectivity index (χ1) is 16.7. The van der Waals surface area contributed by atoms with Crippen molar-refractivity contribution in [1.29, 1.82) is 0 Å². The third-order valence-electron chi connectivity index (χ3n) is 5.32. The number of carboxylic acids is 1. The SMILES string of the molecule is O=C(O)C(CC(CO)CO)Oc1ccc(F)c(NCc2cc(-c3cccc(F)c3)ccc2F)c1F. The largest absolute Gasteiger partial charge is 0.479 e. The van der Waals surface area contributed by atoms with Gasteiger partial charge in [-0.15, -0.1) is 0 Å². The molecule has 186 valence electrons. The van der Waals surface area contributed by atoms with Gasteiger partial charge in [-0.2, -0.15) is 0 Å². The molecule has 0 aliphatic rings. The number of ether oxygens (including phenoxy) is 1. The molecule has 0 amide bonds. The van der Waals surface area contributed by atoms with E-state index in [1.165, 1.54) is 30.3 Å². The number of benzene rings is 3. The van der Waals surface area contributed by atoms with E-state index in [4.69, 9.17) is 4.74 Å². The first kappa shape index (κ1) is 26.0. The Bertz CT molecular complexity index is 1190. The number of aliphatic carboxylic acids is 1. The zero-order valence-corrected chi connectivity index (χ0v) is 18.3. The van der Waals surface area contributed by atoms with Gasteiger partial charge in [0.1, 0.15) is 23.1 Å². The quantitative estimate of drug-likeness (QED) is 0.297. The Morgan fingerprint density at radius 2 is 1.60 bits per heavy atom. The van der Waals surface area contributed by atoms with E-state index in [1.54, 1.807) is 6.07 Å². The maximum atomic E-state index is 15.0. The summed E-state index contributed by atoms with van der Waals surface area (Å²) in [7, 11) is 0. The summed E-state index contributed by atoms with van der Waals surface area (Å²) >= 11 is 0. The molecule has 0 saturated heterocycles. The summed E-state index contributed by atoms with van der Waals surface area (Å²) in [5.74, 6) is -6.25. The van der Waals surface area contributed by atoms with Gasteiger partial charge in [-0.05, 0) is 47.5 Å². The summed E-state index contributed by atoms with van der Waals surface area (Å²) in [4.78, 5) is 11.5. The molecular formula is C25H23F4NO5. The molecule has 1 atom stereocenters. The molecule has 3 rings (SSSR count). The van der Waals surface area contributed by atoms with Crippen LogP contribution in [0.3, 0.4) is 0 Å². The van der Waals surface area contributed by atoms with Crippen molar-refractivity contribution in [2.75, 3.05) is 18.5 Å². The summed E-state index contributed by atoms with van der Waals surface area (Å²) in [6.45, 7) is -1.36. The second-order valence-corrected chi connectivity index (χ2v) is 7.82. The summed E-state index contributed by atoms with van der Waals surface area (Å²) < 4.78 is 62.4. The second kappa shape index (κ2) is 11.7. The third kappa shape index (κ3) is 6.49. The fourth-order valence-corrected chi connectivity index (χ4v) is 3.39. The Kier molecular flexibility index (Phi) is 8.67. The molecule has 0 aliphatic heterocycles. The maximum Gasteiger partial charge on any atom is 0.344 e. The van der Waals surface area contributed by atoms with Crippen LogP contribution in [0.4, 0.5) is 23.2 Å². The highest BCUT2D eigenvalue weighted by atomic mass is 19.1. The number of rotatable bonds is 11. The highest BCUT2D eigenvalue weighted by molar-refractivity contribution is 5.73. The highest BCUT2D eigenvalue weighted by Crippen LogP contribution is 2.30. The van der Waals surface area contributed by atoms with Crippen molar-refractivity contribution >= 4 is 11.7 Å². The molecule has 35 heavy (non-hydrogen) atoms. The Morgan fingerprint density at radius 1 is 0.914 bits per heavy atom. The van der Waals surface area contributed by atoms with Gasteiger partial charge in [0.25, 0.3) is 0 Å². The molecule has 0 aromatic heterocycles. The molecule has 0 aliphatic carbocycles. The number of carbonyl (C=O) groups is 1. The zero-order valence-electron chi connectivity index (χ0n) is 18.3. The van der Waals surface area contributed by atoms with Crippen LogP contribution >= 0.6 is 0 Å². The average molecular weight is 493 g/mol. The zero-order chi connectivity index (χ0) is 25.5. The first-order valence-corrected chi connectivity index (χ1v) is 10.6. The van der Waals surface area contributed by atoms with Crippen molar-refractivity contribution in [2.24, 2.45) is 5.92 Å². The predicted molar refractivity (Wildman–Crippen MR) is 120 cm³/mol. The predicted octanol–water partition coefficient (Wildman–Crippen LogP) is 4.35. The van der Waals surface area contributed by atoms with E-state index in [1.807, 2.05) is 0 Å². The molecule has 3 aromatic carbocycles. The molecule has 0 spiro atoms. The number of aliphatic hydroxyl groups is 2. The summed E-state index contributed by atoms with van der Waals surface area (Å²) in [5.41, 5.74) is 0.368. The van der Waals surface area contributed by atoms with Crippen LogP contribution in [0.25, 0.3) is 11.1 Å². The topological polar surface area (TPSA) is 99.0 Å². The number of aliphatic hydroxyl groups excluding tert-OH is 2. The number of hydrogen-bond acceptors (Lipinski definition) is 5. The van der Waals surface area contributed by atoms with Crippen LogP contribution in [0.1, 0.15) is 12.0 Å². The molecule has 0 saturated carbocycles. The van der Waals surface area contributed by atoms with Crippen molar-refractivity contribution in [2.45, 2.75) is 19.1 Å². The van der Waals surface area contributed by atoms with Crippen molar-refractivity contribution < 1.29 is 42.4 Å². The fraction of sp³-hybridized carbons (Fsp3) is 0.240. The lowest BCUT2D eigenvalue weighted by atomic mass is 10.0. The van der Waals surface area contributed by atoms with Gasteiger partial charge >= 0.3 is 5.97 Å². The summed E-state index contributed by atoms with van der Waals surface area (Å²) in [6.07, 6.45) is -1.94. The van der Waals surface area contributed by atoms with E-state index in [9.17, 15) is 37.7 Å². The van der Waals surface area contributed by atoms with Gasteiger partial charge in [0.2, 0.25) is 0 Å². The van der Waals surface area contributed by atoms with Crippen LogP contribution in [0.15, 0.2) is 54.6 Å². The van der Waals surface area contributed by atoms with Gasteiger partial charge in [-0.25, -0.2) is 22.4 Å². The van der Waals surface area contributed by atoms with Crippen molar-refractivity contribution in [3.63, 3.8) is 0 Å². The van der Waals surface area contributed by atoms with Gasteiger partial charge < -0.3 is 25.4 Å². The Hall–Kier alpha value is -3.63. The van der Waals surface area contributed by atoms with Crippen molar-refractivity contribution in [3.05, 3.63) is 83.4 Å². The molecule has 3 aromatic rings. The number of nitrogens with one attached hydrogen (secondary N) is 1. The number of carboxylic acid groups (broad SMARTS) is 1.